The van der Waals surface area contributed by atoms with Gasteiger partial charge in [-0.3, -0.25) is 9.11 Å². The van der Waals surface area contributed by atoms with Gasteiger partial charge in [0.25, 0.3) is 0 Å². The van der Waals surface area contributed by atoms with Gasteiger partial charge in [-0.25, -0.2) is 0 Å². The Bertz CT molecular complexity index is 259. The Hall–Kier alpha value is -0.330. The van der Waals surface area contributed by atoms with Crippen molar-refractivity contribution in [2.75, 3.05) is 31.1 Å². The van der Waals surface area contributed by atoms with Crippen molar-refractivity contribution >= 4 is 10.8 Å². The number of nitrogens with zero attached hydrogens (tertiary/aromatic N) is 1. The summed E-state index contributed by atoms with van der Waals surface area (Å²) in [5.41, 5.74) is 0.0958. The molecule has 0 radical (unpaired) electrons. The summed E-state index contributed by atoms with van der Waals surface area (Å²) in [4.78, 5) is 2.28. The van der Waals surface area contributed by atoms with Crippen molar-refractivity contribution in [2.24, 2.45) is 5.41 Å². The summed E-state index contributed by atoms with van der Waals surface area (Å²) < 4.78 is 11.1. The first kappa shape index (κ1) is 11.7. The highest BCUT2D eigenvalue weighted by Crippen LogP contribution is 2.09. The van der Waals surface area contributed by atoms with Crippen LogP contribution in [0.4, 0.5) is 0 Å². The molecule has 0 spiro atoms. The van der Waals surface area contributed by atoms with Gasteiger partial charge in [-0.2, -0.15) is 0 Å². The average molecular weight is 213 g/mol. The Morgan fingerprint density at radius 1 is 1.29 bits per heavy atom. The molecule has 0 unspecified atom stereocenters. The Morgan fingerprint density at radius 3 is 2.36 bits per heavy atom. The molecule has 0 aliphatic carbocycles. The highest BCUT2D eigenvalue weighted by Gasteiger charge is 2.13. The van der Waals surface area contributed by atoms with Crippen LogP contribution in [-0.4, -0.2) is 40.2 Å². The summed E-state index contributed by atoms with van der Waals surface area (Å²) in [7, 11) is -0.573. The Balaban J connectivity index is 2.31. The molecule has 14 heavy (non-hydrogen) atoms. The van der Waals surface area contributed by atoms with Gasteiger partial charge in [0.2, 0.25) is 0 Å². The summed E-state index contributed by atoms with van der Waals surface area (Å²) in [5, 5.41) is 0. The molecule has 1 aliphatic rings. The van der Waals surface area contributed by atoms with Crippen LogP contribution in [-0.2, 0) is 10.8 Å². The first-order valence-corrected chi connectivity index (χ1v) is 6.53. The Morgan fingerprint density at radius 2 is 1.86 bits per heavy atom. The van der Waals surface area contributed by atoms with Crippen LogP contribution >= 0.6 is 0 Å². The third kappa shape index (κ3) is 4.78. The van der Waals surface area contributed by atoms with Crippen LogP contribution in [0.15, 0.2) is 0 Å². The molecule has 1 aliphatic heterocycles. The summed E-state index contributed by atoms with van der Waals surface area (Å²) in [5.74, 6) is 8.03. The first-order valence-electron chi connectivity index (χ1n) is 5.05. The zero-order valence-electron chi connectivity index (χ0n) is 9.30. The minimum Gasteiger partial charge on any atom is -0.291 e. The van der Waals surface area contributed by atoms with E-state index >= 15 is 0 Å². The number of rotatable bonds is 1. The molecule has 1 fully saturated rings. The van der Waals surface area contributed by atoms with E-state index in [4.69, 9.17) is 0 Å². The maximum atomic E-state index is 11.1. The highest BCUT2D eigenvalue weighted by atomic mass is 32.2. The summed E-state index contributed by atoms with van der Waals surface area (Å²) in [6.07, 6.45) is 0. The van der Waals surface area contributed by atoms with Crippen LogP contribution < -0.4 is 0 Å². The molecular formula is C11H19NOS. The van der Waals surface area contributed by atoms with Crippen LogP contribution in [0, 0.1) is 17.3 Å². The van der Waals surface area contributed by atoms with Crippen LogP contribution in [0.3, 0.4) is 0 Å². The van der Waals surface area contributed by atoms with Crippen molar-refractivity contribution in [3.8, 4) is 11.8 Å². The quantitative estimate of drug-likeness (QED) is 0.608. The summed E-state index contributed by atoms with van der Waals surface area (Å²) >= 11 is 0. The van der Waals surface area contributed by atoms with E-state index in [1.807, 2.05) is 0 Å². The molecule has 0 aromatic carbocycles. The van der Waals surface area contributed by atoms with E-state index in [-0.39, 0.29) is 5.41 Å². The van der Waals surface area contributed by atoms with E-state index in [9.17, 15) is 4.21 Å². The molecule has 0 bridgehead atoms. The Kier molecular flexibility index (Phi) is 4.15. The van der Waals surface area contributed by atoms with Gasteiger partial charge in [-0.05, 0) is 20.8 Å². The van der Waals surface area contributed by atoms with Gasteiger partial charge in [0, 0.05) is 40.8 Å². The van der Waals surface area contributed by atoms with Crippen LogP contribution in [0.5, 0.6) is 0 Å². The minimum absolute atomic E-state index is 0.0958. The SMILES string of the molecule is CC(C)(C)C#CCN1CCS(=O)CC1. The van der Waals surface area contributed by atoms with E-state index < -0.39 is 10.8 Å². The van der Waals surface area contributed by atoms with Gasteiger partial charge in [-0.1, -0.05) is 11.8 Å². The normalized spacial score (nSPS) is 20.2. The molecule has 0 aromatic rings. The number of hydrogen-bond donors (Lipinski definition) is 0. The minimum atomic E-state index is -0.573. The lowest BCUT2D eigenvalue weighted by atomic mass is 9.98. The molecule has 1 heterocycles. The highest BCUT2D eigenvalue weighted by molar-refractivity contribution is 7.85. The molecule has 1 rings (SSSR count). The Labute approximate surface area is 89.5 Å². The largest absolute Gasteiger partial charge is 0.291 e. The molecule has 80 valence electrons. The molecule has 0 amide bonds. The third-order valence-corrected chi connectivity index (χ3v) is 3.31. The number of hydrogen-bond acceptors (Lipinski definition) is 2. The maximum absolute atomic E-state index is 11.1. The van der Waals surface area contributed by atoms with Crippen molar-refractivity contribution < 1.29 is 4.21 Å². The van der Waals surface area contributed by atoms with E-state index in [0.29, 0.717) is 0 Å². The van der Waals surface area contributed by atoms with Crippen molar-refractivity contribution in [1.29, 1.82) is 0 Å². The second kappa shape index (κ2) is 4.95. The molecule has 0 aromatic heterocycles. The van der Waals surface area contributed by atoms with Crippen molar-refractivity contribution in [3.05, 3.63) is 0 Å². The predicted octanol–water partition coefficient (Wildman–Crippen LogP) is 1.10. The lowest BCUT2D eigenvalue weighted by Gasteiger charge is -2.23. The average Bonchev–Trinajstić information content (AvgIpc) is 2.06. The van der Waals surface area contributed by atoms with Gasteiger partial charge in [-0.15, -0.1) is 0 Å². The fraction of sp³-hybridized carbons (Fsp3) is 0.818. The van der Waals surface area contributed by atoms with Gasteiger partial charge < -0.3 is 0 Å². The second-order valence-corrected chi connectivity index (χ2v) is 6.37. The monoisotopic (exact) mass is 213 g/mol. The fourth-order valence-electron chi connectivity index (χ4n) is 1.25. The zero-order chi connectivity index (χ0) is 10.6. The first-order chi connectivity index (χ1) is 6.47. The standard InChI is InChI=1S/C11H19NOS/c1-11(2,3)5-4-6-12-7-9-14(13)10-8-12/h6-10H2,1-3H3. The molecule has 2 nitrogen and oxygen atoms in total. The van der Waals surface area contributed by atoms with Gasteiger partial charge in [0.15, 0.2) is 0 Å². The second-order valence-electron chi connectivity index (χ2n) is 4.68. The van der Waals surface area contributed by atoms with Crippen LogP contribution in [0.25, 0.3) is 0 Å². The molecule has 0 saturated carbocycles. The molecule has 3 heteroatoms. The van der Waals surface area contributed by atoms with Gasteiger partial charge >= 0.3 is 0 Å². The molecule has 1 saturated heterocycles. The summed E-state index contributed by atoms with van der Waals surface area (Å²) in [6.45, 7) is 9.05. The smallest absolute Gasteiger partial charge is 0.0602 e. The van der Waals surface area contributed by atoms with E-state index in [1.165, 1.54) is 0 Å². The summed E-state index contributed by atoms with van der Waals surface area (Å²) in [6, 6.07) is 0. The van der Waals surface area contributed by atoms with Crippen molar-refractivity contribution in [2.45, 2.75) is 20.8 Å². The topological polar surface area (TPSA) is 20.3 Å². The molecular weight excluding hydrogens is 194 g/mol. The lowest BCUT2D eigenvalue weighted by molar-refractivity contribution is 0.336. The van der Waals surface area contributed by atoms with E-state index in [2.05, 4.69) is 37.5 Å². The zero-order valence-corrected chi connectivity index (χ0v) is 10.1. The maximum Gasteiger partial charge on any atom is 0.0602 e. The van der Waals surface area contributed by atoms with Gasteiger partial charge in [0.05, 0.1) is 6.54 Å². The van der Waals surface area contributed by atoms with Gasteiger partial charge in [0.1, 0.15) is 0 Å². The van der Waals surface area contributed by atoms with E-state index in [0.717, 1.165) is 31.1 Å². The van der Waals surface area contributed by atoms with Crippen molar-refractivity contribution in [1.82, 2.24) is 4.90 Å². The fourth-order valence-corrected chi connectivity index (χ4v) is 2.38. The van der Waals surface area contributed by atoms with Crippen LogP contribution in [0.1, 0.15) is 20.8 Å². The third-order valence-electron chi connectivity index (χ3n) is 2.04. The van der Waals surface area contributed by atoms with Crippen LogP contribution in [0.2, 0.25) is 0 Å². The molecule has 0 atom stereocenters. The molecule has 0 N–H and O–H groups in total. The van der Waals surface area contributed by atoms with E-state index in [1.54, 1.807) is 0 Å². The van der Waals surface area contributed by atoms with Crippen molar-refractivity contribution in [3.63, 3.8) is 0 Å². The predicted molar refractivity (Wildman–Crippen MR) is 61.5 cm³/mol. The lowest BCUT2D eigenvalue weighted by Crippen LogP contribution is -2.37.